The number of anilines is 1. The van der Waals surface area contributed by atoms with Crippen molar-refractivity contribution in [3.63, 3.8) is 0 Å². The van der Waals surface area contributed by atoms with E-state index in [0.29, 0.717) is 5.52 Å². The van der Waals surface area contributed by atoms with Gasteiger partial charge in [0, 0.05) is 0 Å². The van der Waals surface area contributed by atoms with Crippen LogP contribution in [0.4, 0.5) is 5.95 Å². The molecule has 0 aliphatic carbocycles. The van der Waals surface area contributed by atoms with E-state index < -0.39 is 75.0 Å². The first kappa shape index (κ1) is 42.2. The van der Waals surface area contributed by atoms with Gasteiger partial charge >= 0.3 is 19.6 Å². The lowest BCUT2D eigenvalue weighted by Crippen LogP contribution is -2.47. The number of nitrogens with zero attached hydrogens (tertiary/aromatic N) is 4. The second kappa shape index (κ2) is 18.9. The third kappa shape index (κ3) is 13.0. The molecule has 0 saturated heterocycles. The number of aliphatic hydroxyl groups excluding tert-OH is 2. The number of imidazole rings is 1. The minimum absolute atomic E-state index is 0.0292. The number of aromatic nitrogens is 4. The number of methoxy groups -OCH3 is 1. The molecule has 6 N–H and O–H groups in total. The number of nitrogens with one attached hydrogen (secondary N) is 2. The van der Waals surface area contributed by atoms with Crippen molar-refractivity contribution in [1.29, 1.82) is 0 Å². The van der Waals surface area contributed by atoms with Gasteiger partial charge in [-0.05, 0) is 66.2 Å². The van der Waals surface area contributed by atoms with Gasteiger partial charge in [-0.2, -0.15) is 9.97 Å². The van der Waals surface area contributed by atoms with Crippen LogP contribution in [0.1, 0.15) is 88.3 Å². The summed E-state index contributed by atoms with van der Waals surface area (Å²) >= 11 is 0. The molecule has 0 bridgehead atoms. The molecule has 0 saturated carbocycles. The Morgan fingerprint density at radius 3 is 1.84 bits per heavy atom. The molecule has 7 atom stereocenters. The van der Waals surface area contributed by atoms with Gasteiger partial charge in [-0.15, -0.1) is 0 Å². The van der Waals surface area contributed by atoms with Crippen molar-refractivity contribution >= 4 is 36.7 Å². The Hall–Kier alpha value is -2.92. The molecule has 0 aromatic carbocycles. The first-order valence-electron chi connectivity index (χ1n) is 16.5. The quantitative estimate of drug-likeness (QED) is 0.0922. The fourth-order valence-corrected chi connectivity index (χ4v) is 6.66. The van der Waals surface area contributed by atoms with Gasteiger partial charge in [0.15, 0.2) is 11.2 Å². The van der Waals surface area contributed by atoms with Crippen LogP contribution >= 0.6 is 7.67 Å². The Balaban J connectivity index is 2.52. The maximum absolute atomic E-state index is 14.8. The molecule has 2 aromatic heterocycles. The van der Waals surface area contributed by atoms with E-state index in [4.69, 9.17) is 29.2 Å². The van der Waals surface area contributed by atoms with E-state index >= 15 is 0 Å². The van der Waals surface area contributed by atoms with Gasteiger partial charge in [0.1, 0.15) is 30.5 Å². The molecule has 2 rings (SSSR count). The number of carbonyl (C=O) groups excluding carboxylic acids is 2. The van der Waals surface area contributed by atoms with Gasteiger partial charge in [0.25, 0.3) is 0 Å². The largest absolute Gasteiger partial charge is 0.479 e. The third-order valence-electron chi connectivity index (χ3n) is 7.00. The van der Waals surface area contributed by atoms with Crippen LogP contribution in [-0.2, 0) is 32.9 Å². The monoisotopic (exact) mass is 717 g/mol. The maximum atomic E-state index is 14.8. The second-order valence-electron chi connectivity index (χ2n) is 13.4. The summed E-state index contributed by atoms with van der Waals surface area (Å²) in [4.78, 5) is 38.9. The zero-order valence-corrected chi connectivity index (χ0v) is 31.3. The Morgan fingerprint density at radius 2 is 1.41 bits per heavy atom. The number of hydrogen-bond acceptors (Lipinski definition) is 14. The molecule has 0 amide bonds. The first-order valence-corrected chi connectivity index (χ1v) is 18.2. The Morgan fingerprint density at radius 1 is 0.898 bits per heavy atom. The number of ether oxygens (including phenoxy) is 4. The van der Waals surface area contributed by atoms with Crippen molar-refractivity contribution < 1.29 is 47.8 Å². The van der Waals surface area contributed by atoms with Gasteiger partial charge in [-0.25, -0.2) is 15.2 Å². The molecule has 0 aliphatic heterocycles. The van der Waals surface area contributed by atoms with Gasteiger partial charge in [0.2, 0.25) is 11.8 Å². The van der Waals surface area contributed by atoms with Gasteiger partial charge in [-0.3, -0.25) is 18.7 Å². The average Bonchev–Trinajstić information content (AvgIpc) is 3.40. The van der Waals surface area contributed by atoms with Crippen LogP contribution in [-0.4, -0.2) is 98.0 Å². The lowest BCUT2D eigenvalue weighted by atomic mass is 10.0. The lowest BCUT2D eigenvalue weighted by molar-refractivity contribution is -0.150. The molecule has 0 aliphatic rings. The summed E-state index contributed by atoms with van der Waals surface area (Å²) in [5.41, 5.74) is 6.44. The molecule has 0 radical (unpaired) electrons. The first-order chi connectivity index (χ1) is 22.8. The highest BCUT2D eigenvalue weighted by atomic mass is 31.2. The number of esters is 2. The number of aliphatic hydroxyl groups is 2. The van der Waals surface area contributed by atoms with Gasteiger partial charge in [0.05, 0.1) is 38.4 Å². The SMILES string of the molecule is COc1nc(N)nc2c1ncn2C(C)O[C@H](COP(=O)(N[C@@H](CC(C)C)C(=O)OC(C)C)N[C@H](CC(C)C)C(=O)OC(C)C)C(O)C(C)O. The van der Waals surface area contributed by atoms with E-state index in [0.717, 1.165) is 0 Å². The molecule has 4 unspecified atom stereocenters. The van der Waals surface area contributed by atoms with Crippen molar-refractivity contribution in [2.45, 2.75) is 131 Å². The van der Waals surface area contributed by atoms with E-state index in [1.807, 2.05) is 27.7 Å². The zero-order chi connectivity index (χ0) is 37.2. The number of nitrogen functional groups attached to an aromatic ring is 1. The summed E-state index contributed by atoms with van der Waals surface area (Å²) in [6.45, 7) is 16.7. The molecule has 2 aromatic rings. The lowest BCUT2D eigenvalue weighted by Gasteiger charge is -2.33. The smallest absolute Gasteiger partial charge is 0.342 e. The van der Waals surface area contributed by atoms with Crippen LogP contribution in [0.5, 0.6) is 5.88 Å². The van der Waals surface area contributed by atoms with E-state index in [-0.39, 0.29) is 42.2 Å². The molecular formula is C31H56N7O10P. The summed E-state index contributed by atoms with van der Waals surface area (Å²) < 4.78 is 44.6. The second-order valence-corrected chi connectivity index (χ2v) is 15.2. The van der Waals surface area contributed by atoms with Crippen LogP contribution in [0.25, 0.3) is 11.2 Å². The molecule has 0 spiro atoms. The van der Waals surface area contributed by atoms with Crippen LogP contribution < -0.4 is 20.6 Å². The molecular weight excluding hydrogens is 661 g/mol. The van der Waals surface area contributed by atoms with Gasteiger partial charge < -0.3 is 39.4 Å². The summed E-state index contributed by atoms with van der Waals surface area (Å²) in [5, 5.41) is 27.0. The molecule has 2 heterocycles. The number of carbonyl (C=O) groups is 2. The fourth-order valence-electron chi connectivity index (χ4n) is 4.84. The van der Waals surface area contributed by atoms with Crippen LogP contribution in [0, 0.1) is 11.8 Å². The minimum atomic E-state index is -4.37. The summed E-state index contributed by atoms with van der Waals surface area (Å²) in [5.74, 6) is -1.30. The van der Waals surface area contributed by atoms with Crippen molar-refractivity contribution in [1.82, 2.24) is 29.7 Å². The van der Waals surface area contributed by atoms with Crippen LogP contribution in [0.2, 0.25) is 0 Å². The van der Waals surface area contributed by atoms with Gasteiger partial charge in [-0.1, -0.05) is 27.7 Å². The van der Waals surface area contributed by atoms with Crippen molar-refractivity contribution in [2.75, 3.05) is 19.5 Å². The maximum Gasteiger partial charge on any atom is 0.342 e. The normalized spacial score (nSPS) is 17.2. The van der Waals surface area contributed by atoms with Crippen LogP contribution in [0.15, 0.2) is 6.33 Å². The number of rotatable bonds is 21. The summed E-state index contributed by atoms with van der Waals surface area (Å²) in [7, 11) is -2.96. The number of nitrogens with two attached hydrogens (primary N) is 1. The molecule has 49 heavy (non-hydrogen) atoms. The summed E-state index contributed by atoms with van der Waals surface area (Å²) in [6, 6.07) is -2.20. The molecule has 18 heteroatoms. The summed E-state index contributed by atoms with van der Waals surface area (Å²) in [6.07, 6.45) is -4.07. The highest BCUT2D eigenvalue weighted by Crippen LogP contribution is 2.41. The zero-order valence-electron chi connectivity index (χ0n) is 30.4. The molecule has 17 nitrogen and oxygen atoms in total. The predicted molar refractivity (Wildman–Crippen MR) is 182 cm³/mol. The van der Waals surface area contributed by atoms with Crippen molar-refractivity contribution in [3.05, 3.63) is 6.33 Å². The average molecular weight is 718 g/mol. The van der Waals surface area contributed by atoms with E-state index in [9.17, 15) is 24.4 Å². The fraction of sp³-hybridized carbons (Fsp3) is 0.774. The minimum Gasteiger partial charge on any atom is -0.479 e. The highest BCUT2D eigenvalue weighted by molar-refractivity contribution is 7.54. The van der Waals surface area contributed by atoms with Crippen molar-refractivity contribution in [2.24, 2.45) is 11.8 Å². The predicted octanol–water partition coefficient (Wildman–Crippen LogP) is 3.10. The molecule has 0 fully saturated rings. The standard InChI is InChI=1S/C31H56N7O10P/c1-16(2)12-22(29(41)46-18(5)6)36-49(43,37-23(13-17(3)4)30(42)47-19(7)8)45-14-24(26(40)20(9)39)48-21(10)38-15-33-25-27(38)34-31(32)35-28(25)44-11/h15-24,26,39-40H,12-14H2,1-11H3,(H2,32,34,35)(H2,36,37,43)/t20?,21?,22-,23+,24-,26?,49?/m1/s1. The van der Waals surface area contributed by atoms with Crippen LogP contribution in [0.3, 0.4) is 0 Å². The Kier molecular flexibility index (Phi) is 16.3. The number of hydrogen-bond donors (Lipinski definition) is 5. The van der Waals surface area contributed by atoms with Crippen molar-refractivity contribution in [3.8, 4) is 5.88 Å². The van der Waals surface area contributed by atoms with E-state index in [1.165, 1.54) is 24.9 Å². The van der Waals surface area contributed by atoms with E-state index in [2.05, 4.69) is 25.1 Å². The Bertz CT molecular complexity index is 1360. The topological polar surface area (TPSA) is 231 Å². The highest BCUT2D eigenvalue weighted by Gasteiger charge is 2.39. The molecule has 280 valence electrons. The number of fused-ring (bicyclic) bond motifs is 1. The third-order valence-corrected chi connectivity index (χ3v) is 8.81. The Labute approximate surface area is 288 Å². The van der Waals surface area contributed by atoms with E-state index in [1.54, 1.807) is 34.6 Å².